The summed E-state index contributed by atoms with van der Waals surface area (Å²) in [7, 11) is 1.47. The summed E-state index contributed by atoms with van der Waals surface area (Å²) in [5, 5.41) is 4.36. The van der Waals surface area contributed by atoms with Crippen molar-refractivity contribution in [3.8, 4) is 17.2 Å². The Morgan fingerprint density at radius 3 is 2.71 bits per heavy atom. The summed E-state index contributed by atoms with van der Waals surface area (Å²) in [6.07, 6.45) is 4.22. The molecule has 2 heterocycles. The van der Waals surface area contributed by atoms with Crippen LogP contribution in [-0.2, 0) is 0 Å². The van der Waals surface area contributed by atoms with Crippen LogP contribution in [0.2, 0.25) is 0 Å². The molecule has 0 radical (unpaired) electrons. The average molecular weight is 418 g/mol. The first-order chi connectivity index (χ1) is 15.0. The number of hydrogen-bond acceptors (Lipinski definition) is 5. The van der Waals surface area contributed by atoms with E-state index in [1.54, 1.807) is 41.2 Å². The van der Waals surface area contributed by atoms with E-state index in [2.05, 4.69) is 10.3 Å². The maximum atomic E-state index is 12.3. The molecule has 0 unspecified atom stereocenters. The van der Waals surface area contributed by atoms with Gasteiger partial charge in [-0.2, -0.15) is 0 Å². The van der Waals surface area contributed by atoms with E-state index in [-0.39, 0.29) is 11.6 Å². The molecule has 8 nitrogen and oxygen atoms in total. The molecule has 0 saturated carbocycles. The maximum Gasteiger partial charge on any atom is 0.326 e. The molecule has 8 heteroatoms. The highest BCUT2D eigenvalue weighted by Gasteiger charge is 2.15. The van der Waals surface area contributed by atoms with Gasteiger partial charge in [-0.25, -0.2) is 4.79 Å². The summed E-state index contributed by atoms with van der Waals surface area (Å²) in [5.74, 6) is 0.865. The van der Waals surface area contributed by atoms with E-state index in [1.807, 2.05) is 25.1 Å². The number of nitrogens with one attached hydrogen (secondary N) is 1. The summed E-state index contributed by atoms with van der Waals surface area (Å²) in [4.78, 5) is 28.4. The van der Waals surface area contributed by atoms with Gasteiger partial charge in [-0.1, -0.05) is 6.92 Å². The number of fused-ring (bicyclic) bond motifs is 2. The number of nitrogens with two attached hydrogens (primary N) is 1. The highest BCUT2D eigenvalue weighted by atomic mass is 16.5. The zero-order valence-corrected chi connectivity index (χ0v) is 17.2. The molecule has 0 spiro atoms. The van der Waals surface area contributed by atoms with Gasteiger partial charge in [0, 0.05) is 35.8 Å². The summed E-state index contributed by atoms with van der Waals surface area (Å²) in [6.45, 7) is 2.62. The zero-order chi connectivity index (χ0) is 22.0. The van der Waals surface area contributed by atoms with E-state index in [0.717, 1.165) is 17.3 Å². The fourth-order valence-corrected chi connectivity index (χ4v) is 3.40. The molecular weight excluding hydrogens is 396 g/mol. The van der Waals surface area contributed by atoms with Gasteiger partial charge in [-0.05, 0) is 42.8 Å². The molecule has 0 aliphatic rings. The second kappa shape index (κ2) is 8.35. The fourth-order valence-electron chi connectivity index (χ4n) is 3.40. The van der Waals surface area contributed by atoms with Gasteiger partial charge in [0.1, 0.15) is 17.2 Å². The van der Waals surface area contributed by atoms with Gasteiger partial charge in [0.05, 0.1) is 23.7 Å². The second-order valence-corrected chi connectivity index (χ2v) is 6.98. The van der Waals surface area contributed by atoms with Gasteiger partial charge in [-0.15, -0.1) is 0 Å². The van der Waals surface area contributed by atoms with Gasteiger partial charge >= 0.3 is 6.03 Å². The number of amides is 2. The minimum Gasteiger partial charge on any atom is -0.496 e. The number of aromatic nitrogens is 2. The normalized spacial score (nSPS) is 10.9. The third-order valence-corrected chi connectivity index (χ3v) is 4.92. The third kappa shape index (κ3) is 3.87. The Bertz CT molecular complexity index is 1300. The Morgan fingerprint density at radius 2 is 1.97 bits per heavy atom. The van der Waals surface area contributed by atoms with E-state index < -0.39 is 5.91 Å². The van der Waals surface area contributed by atoms with Crippen LogP contribution in [0.15, 0.2) is 54.9 Å². The fraction of sp³-hybridized carbons (Fsp3) is 0.174. The van der Waals surface area contributed by atoms with Crippen molar-refractivity contribution < 1.29 is 19.1 Å². The molecule has 2 amide bonds. The number of pyridine rings is 1. The molecule has 158 valence electrons. The lowest BCUT2D eigenvalue weighted by atomic mass is 10.1. The van der Waals surface area contributed by atoms with Gasteiger partial charge in [0.25, 0.3) is 5.91 Å². The Labute approximate surface area is 178 Å². The molecule has 0 aliphatic carbocycles. The van der Waals surface area contributed by atoms with Crippen LogP contribution in [0.25, 0.3) is 21.8 Å². The number of benzene rings is 2. The van der Waals surface area contributed by atoms with Crippen molar-refractivity contribution in [1.82, 2.24) is 14.9 Å². The first-order valence-corrected chi connectivity index (χ1v) is 9.85. The Hall–Kier alpha value is -4.07. The molecule has 3 N–H and O–H groups in total. The lowest BCUT2D eigenvalue weighted by molar-refractivity contribution is 0.0997. The zero-order valence-electron chi connectivity index (χ0n) is 17.2. The van der Waals surface area contributed by atoms with Crippen LogP contribution in [0.1, 0.15) is 23.7 Å². The summed E-state index contributed by atoms with van der Waals surface area (Å²) >= 11 is 0. The molecule has 0 atom stereocenters. The number of rotatable bonds is 6. The van der Waals surface area contributed by atoms with Crippen molar-refractivity contribution in [1.29, 1.82) is 0 Å². The molecular formula is C23H22N4O4. The highest BCUT2D eigenvalue weighted by molar-refractivity contribution is 6.01. The van der Waals surface area contributed by atoms with Crippen molar-refractivity contribution in [2.45, 2.75) is 13.3 Å². The maximum absolute atomic E-state index is 12.3. The molecule has 2 aromatic heterocycles. The van der Waals surface area contributed by atoms with Crippen molar-refractivity contribution in [3.05, 3.63) is 60.4 Å². The average Bonchev–Trinajstić information content (AvgIpc) is 3.20. The highest BCUT2D eigenvalue weighted by Crippen LogP contribution is 2.34. The van der Waals surface area contributed by atoms with Crippen LogP contribution in [0.3, 0.4) is 0 Å². The van der Waals surface area contributed by atoms with Crippen molar-refractivity contribution in [3.63, 3.8) is 0 Å². The molecule has 31 heavy (non-hydrogen) atoms. The number of hydrogen-bond donors (Lipinski definition) is 2. The van der Waals surface area contributed by atoms with E-state index >= 15 is 0 Å². The third-order valence-electron chi connectivity index (χ3n) is 4.92. The van der Waals surface area contributed by atoms with Crippen LogP contribution in [0, 0.1) is 0 Å². The van der Waals surface area contributed by atoms with Crippen molar-refractivity contribution in [2.75, 3.05) is 13.7 Å². The predicted molar refractivity (Wildman–Crippen MR) is 118 cm³/mol. The second-order valence-electron chi connectivity index (χ2n) is 6.98. The Balaban J connectivity index is 1.69. The van der Waals surface area contributed by atoms with Crippen molar-refractivity contribution >= 4 is 33.7 Å². The Morgan fingerprint density at radius 1 is 1.13 bits per heavy atom. The molecule has 0 aliphatic heterocycles. The Kier molecular flexibility index (Phi) is 5.44. The summed E-state index contributed by atoms with van der Waals surface area (Å²) < 4.78 is 12.9. The van der Waals surface area contributed by atoms with Gasteiger partial charge in [-0.3, -0.25) is 14.3 Å². The number of methoxy groups -OCH3 is 1. The molecule has 0 fully saturated rings. The van der Waals surface area contributed by atoms with E-state index in [1.165, 1.54) is 7.11 Å². The number of ether oxygens (including phenoxy) is 2. The molecule has 2 aromatic carbocycles. The summed E-state index contributed by atoms with van der Waals surface area (Å²) in [6, 6.07) is 12.1. The minimum absolute atomic E-state index is 0.168. The van der Waals surface area contributed by atoms with Gasteiger partial charge < -0.3 is 20.5 Å². The first-order valence-electron chi connectivity index (χ1n) is 9.85. The predicted octanol–water partition coefficient (Wildman–Crippen LogP) is 4.06. The lowest BCUT2D eigenvalue weighted by Crippen LogP contribution is -2.28. The van der Waals surface area contributed by atoms with Crippen molar-refractivity contribution in [2.24, 2.45) is 5.73 Å². The topological polar surface area (TPSA) is 108 Å². The smallest absolute Gasteiger partial charge is 0.326 e. The SMILES string of the molecule is CCCNC(=O)n1ccc2cc(Oc3ccnc4cc(OC)c(C(N)=O)cc34)ccc21. The van der Waals surface area contributed by atoms with Crippen LogP contribution < -0.4 is 20.5 Å². The monoisotopic (exact) mass is 418 g/mol. The number of primary amides is 1. The minimum atomic E-state index is -0.599. The van der Waals surface area contributed by atoms with Crippen LogP contribution >= 0.6 is 0 Å². The molecule has 0 saturated heterocycles. The number of carbonyl (C=O) groups excluding carboxylic acids is 2. The van der Waals surface area contributed by atoms with Crippen LogP contribution in [0.4, 0.5) is 4.79 Å². The van der Waals surface area contributed by atoms with E-state index in [4.69, 9.17) is 15.2 Å². The molecule has 4 rings (SSSR count). The summed E-state index contributed by atoms with van der Waals surface area (Å²) in [5.41, 5.74) is 7.13. The largest absolute Gasteiger partial charge is 0.496 e. The van der Waals surface area contributed by atoms with Crippen LogP contribution in [-0.4, -0.2) is 35.1 Å². The van der Waals surface area contributed by atoms with Crippen LogP contribution in [0.5, 0.6) is 17.2 Å². The lowest BCUT2D eigenvalue weighted by Gasteiger charge is -2.12. The van der Waals surface area contributed by atoms with E-state index in [0.29, 0.717) is 34.7 Å². The standard InChI is InChI=1S/C23H22N4O4/c1-3-8-26-23(29)27-10-7-14-11-15(4-5-19(14)27)31-20-6-9-25-18-13-21(30-2)17(22(24)28)12-16(18)20/h4-7,9-13H,3,8H2,1-2H3,(H2,24,28)(H,26,29). The quantitative estimate of drug-likeness (QED) is 0.491. The molecule has 0 bridgehead atoms. The van der Waals surface area contributed by atoms with E-state index in [9.17, 15) is 9.59 Å². The van der Waals surface area contributed by atoms with Gasteiger partial charge in [0.15, 0.2) is 0 Å². The van der Waals surface area contributed by atoms with Gasteiger partial charge in [0.2, 0.25) is 0 Å². The molecule has 4 aromatic rings. The number of carbonyl (C=O) groups is 2. The number of nitrogens with zero attached hydrogens (tertiary/aromatic N) is 2. The first kappa shape index (κ1) is 20.2.